The van der Waals surface area contributed by atoms with Crippen LogP contribution >= 0.6 is 15.9 Å². The van der Waals surface area contributed by atoms with Gasteiger partial charge in [0.15, 0.2) is 0 Å². The highest BCUT2D eigenvalue weighted by Crippen LogP contribution is 2.38. The van der Waals surface area contributed by atoms with Crippen LogP contribution in [0.25, 0.3) is 0 Å². The second-order valence-electron chi connectivity index (χ2n) is 7.07. The van der Waals surface area contributed by atoms with Crippen LogP contribution in [-0.2, 0) is 0 Å². The lowest BCUT2D eigenvalue weighted by molar-refractivity contribution is 0.00877. The normalized spacial score (nSPS) is 21.1. The van der Waals surface area contributed by atoms with Crippen molar-refractivity contribution in [2.75, 3.05) is 5.32 Å². The molecule has 0 atom stereocenters. The summed E-state index contributed by atoms with van der Waals surface area (Å²) < 4.78 is 0.944. The first kappa shape index (κ1) is 16.3. The highest BCUT2D eigenvalue weighted by molar-refractivity contribution is 9.10. The number of nitrogens with two attached hydrogens (primary N) is 1. The number of likely N-dealkylation sites (tertiary alicyclic amines) is 1. The van der Waals surface area contributed by atoms with Gasteiger partial charge in [0.1, 0.15) is 0 Å². The lowest BCUT2D eigenvalue weighted by Crippen LogP contribution is -2.66. The Labute approximate surface area is 135 Å². The largest absolute Gasteiger partial charge is 0.328 e. The van der Waals surface area contributed by atoms with Crippen molar-refractivity contribution >= 4 is 27.6 Å². The molecule has 1 saturated heterocycles. The molecule has 4 nitrogen and oxygen atoms in total. The highest BCUT2D eigenvalue weighted by Gasteiger charge is 2.46. The number of halogens is 1. The van der Waals surface area contributed by atoms with E-state index in [1.807, 2.05) is 29.2 Å². The van der Waals surface area contributed by atoms with E-state index in [0.717, 1.165) is 23.0 Å². The SMILES string of the molecule is CC1(C)CC(N)CC(C)(C)N1C(=O)Nc1cccc(Br)c1. The van der Waals surface area contributed by atoms with Crippen molar-refractivity contribution in [1.29, 1.82) is 0 Å². The molecule has 1 aromatic rings. The monoisotopic (exact) mass is 353 g/mol. The second kappa shape index (κ2) is 5.61. The van der Waals surface area contributed by atoms with Crippen molar-refractivity contribution in [2.24, 2.45) is 5.73 Å². The first-order valence-corrected chi connectivity index (χ1v) is 8.04. The molecular formula is C16H24BrN3O. The van der Waals surface area contributed by atoms with Crippen LogP contribution in [0.3, 0.4) is 0 Å². The number of hydrogen-bond acceptors (Lipinski definition) is 2. The number of nitrogens with one attached hydrogen (secondary N) is 1. The van der Waals surface area contributed by atoms with Crippen molar-refractivity contribution in [3.8, 4) is 0 Å². The Bertz CT molecular complexity index is 524. The van der Waals surface area contributed by atoms with Crippen LogP contribution in [0, 0.1) is 0 Å². The molecule has 2 amide bonds. The van der Waals surface area contributed by atoms with E-state index in [2.05, 4.69) is 48.9 Å². The minimum atomic E-state index is -0.267. The zero-order valence-electron chi connectivity index (χ0n) is 13.1. The fourth-order valence-corrected chi connectivity index (χ4v) is 4.05. The molecule has 1 heterocycles. The zero-order valence-corrected chi connectivity index (χ0v) is 14.7. The number of carbonyl (C=O) groups excluding carboxylic acids is 1. The maximum atomic E-state index is 12.8. The summed E-state index contributed by atoms with van der Waals surface area (Å²) in [5.41, 5.74) is 6.41. The fourth-order valence-electron chi connectivity index (χ4n) is 3.65. The molecule has 0 saturated carbocycles. The third-order valence-electron chi connectivity index (χ3n) is 4.01. The summed E-state index contributed by atoms with van der Waals surface area (Å²) in [5.74, 6) is 0. The molecule has 0 bridgehead atoms. The molecule has 5 heteroatoms. The Morgan fingerprint density at radius 1 is 1.29 bits per heavy atom. The predicted octanol–water partition coefficient (Wildman–Crippen LogP) is 3.96. The van der Waals surface area contributed by atoms with Gasteiger partial charge in [0.25, 0.3) is 0 Å². The van der Waals surface area contributed by atoms with Gasteiger partial charge >= 0.3 is 6.03 Å². The van der Waals surface area contributed by atoms with E-state index in [4.69, 9.17) is 5.73 Å². The number of urea groups is 1. The van der Waals surface area contributed by atoms with E-state index in [-0.39, 0.29) is 23.2 Å². The van der Waals surface area contributed by atoms with Gasteiger partial charge in [-0.2, -0.15) is 0 Å². The summed E-state index contributed by atoms with van der Waals surface area (Å²) in [6, 6.07) is 7.68. The molecule has 1 aromatic carbocycles. The quantitative estimate of drug-likeness (QED) is 0.802. The first-order valence-electron chi connectivity index (χ1n) is 7.24. The molecule has 0 radical (unpaired) electrons. The molecule has 0 unspecified atom stereocenters. The summed E-state index contributed by atoms with van der Waals surface area (Å²) in [7, 11) is 0. The summed E-state index contributed by atoms with van der Waals surface area (Å²) in [4.78, 5) is 14.7. The fraction of sp³-hybridized carbons (Fsp3) is 0.562. The van der Waals surface area contributed by atoms with Crippen molar-refractivity contribution in [1.82, 2.24) is 4.90 Å². The van der Waals surface area contributed by atoms with E-state index >= 15 is 0 Å². The van der Waals surface area contributed by atoms with Gasteiger partial charge in [-0.05, 0) is 58.7 Å². The Morgan fingerprint density at radius 3 is 2.38 bits per heavy atom. The minimum Gasteiger partial charge on any atom is -0.328 e. The number of piperidine rings is 1. The Kier molecular flexibility index (Phi) is 4.36. The molecule has 21 heavy (non-hydrogen) atoms. The van der Waals surface area contributed by atoms with Crippen molar-refractivity contribution < 1.29 is 4.79 Å². The molecule has 3 N–H and O–H groups in total. The Hall–Kier alpha value is -1.07. The average Bonchev–Trinajstić information content (AvgIpc) is 2.23. The number of rotatable bonds is 1. The van der Waals surface area contributed by atoms with Crippen LogP contribution < -0.4 is 11.1 Å². The Morgan fingerprint density at radius 2 is 1.86 bits per heavy atom. The molecule has 1 aliphatic heterocycles. The summed E-state index contributed by atoms with van der Waals surface area (Å²) in [5, 5.41) is 2.99. The van der Waals surface area contributed by atoms with E-state index in [9.17, 15) is 4.79 Å². The number of carbonyl (C=O) groups is 1. The summed E-state index contributed by atoms with van der Waals surface area (Å²) >= 11 is 3.42. The lowest BCUT2D eigenvalue weighted by Gasteiger charge is -2.54. The van der Waals surface area contributed by atoms with Gasteiger partial charge in [-0.1, -0.05) is 22.0 Å². The molecule has 0 aliphatic carbocycles. The van der Waals surface area contributed by atoms with Crippen LogP contribution in [0.1, 0.15) is 40.5 Å². The van der Waals surface area contributed by atoms with Crippen LogP contribution in [0.5, 0.6) is 0 Å². The Balaban J connectivity index is 2.24. The minimum absolute atomic E-state index is 0.0741. The van der Waals surface area contributed by atoms with Gasteiger partial charge in [0.2, 0.25) is 0 Å². The maximum Gasteiger partial charge on any atom is 0.322 e. The van der Waals surface area contributed by atoms with Gasteiger partial charge in [-0.15, -0.1) is 0 Å². The van der Waals surface area contributed by atoms with Crippen molar-refractivity contribution in [3.05, 3.63) is 28.7 Å². The maximum absolute atomic E-state index is 12.8. The van der Waals surface area contributed by atoms with Gasteiger partial charge in [0.05, 0.1) is 0 Å². The van der Waals surface area contributed by atoms with E-state index in [0.29, 0.717) is 0 Å². The molecule has 1 fully saturated rings. The standard InChI is InChI=1S/C16H24BrN3O/c1-15(2)9-12(18)10-16(3,4)20(15)14(21)19-13-7-5-6-11(17)8-13/h5-8,12H,9-10,18H2,1-4H3,(H,19,21). The predicted molar refractivity (Wildman–Crippen MR) is 90.4 cm³/mol. The molecule has 0 spiro atoms. The van der Waals surface area contributed by atoms with Crippen LogP contribution in [0.4, 0.5) is 10.5 Å². The number of nitrogens with zero attached hydrogens (tertiary/aromatic N) is 1. The van der Waals surface area contributed by atoms with E-state index in [1.165, 1.54) is 0 Å². The number of benzene rings is 1. The van der Waals surface area contributed by atoms with Gasteiger partial charge in [0, 0.05) is 27.3 Å². The third-order valence-corrected chi connectivity index (χ3v) is 4.51. The average molecular weight is 354 g/mol. The number of amides is 2. The smallest absolute Gasteiger partial charge is 0.322 e. The van der Waals surface area contributed by atoms with E-state index in [1.54, 1.807) is 0 Å². The number of anilines is 1. The number of hydrogen-bond donors (Lipinski definition) is 2. The van der Waals surface area contributed by atoms with E-state index < -0.39 is 0 Å². The second-order valence-corrected chi connectivity index (χ2v) is 7.98. The van der Waals surface area contributed by atoms with Crippen LogP contribution in [0.15, 0.2) is 28.7 Å². The molecule has 0 aromatic heterocycles. The van der Waals surface area contributed by atoms with Gasteiger partial charge in [-0.25, -0.2) is 4.79 Å². The molecule has 1 aliphatic rings. The van der Waals surface area contributed by atoms with Crippen LogP contribution in [0.2, 0.25) is 0 Å². The molecule has 2 rings (SSSR count). The topological polar surface area (TPSA) is 58.4 Å². The van der Waals surface area contributed by atoms with Gasteiger partial charge in [-0.3, -0.25) is 0 Å². The molecule has 116 valence electrons. The lowest BCUT2D eigenvalue weighted by atomic mass is 9.77. The summed E-state index contributed by atoms with van der Waals surface area (Å²) in [6.07, 6.45) is 1.62. The highest BCUT2D eigenvalue weighted by atomic mass is 79.9. The van der Waals surface area contributed by atoms with Crippen LogP contribution in [-0.4, -0.2) is 28.1 Å². The van der Waals surface area contributed by atoms with Crippen molar-refractivity contribution in [3.63, 3.8) is 0 Å². The third kappa shape index (κ3) is 3.58. The molecular weight excluding hydrogens is 330 g/mol. The first-order chi connectivity index (χ1) is 9.62. The zero-order chi connectivity index (χ0) is 15.8. The van der Waals surface area contributed by atoms with Crippen molar-refractivity contribution in [2.45, 2.75) is 57.7 Å². The van der Waals surface area contributed by atoms with Gasteiger partial charge < -0.3 is 16.0 Å². The summed E-state index contributed by atoms with van der Waals surface area (Å²) in [6.45, 7) is 8.31.